The molecule has 0 unspecified atom stereocenters. The highest BCUT2D eigenvalue weighted by atomic mass is 32.2. The molecule has 4 nitrogen and oxygen atoms in total. The van der Waals surface area contributed by atoms with Crippen molar-refractivity contribution in [3.05, 3.63) is 0 Å². The van der Waals surface area contributed by atoms with Gasteiger partial charge < -0.3 is 5.32 Å². The van der Waals surface area contributed by atoms with Gasteiger partial charge in [0, 0.05) is 17.3 Å². The van der Waals surface area contributed by atoms with Crippen molar-refractivity contribution in [1.82, 2.24) is 10.0 Å². The van der Waals surface area contributed by atoms with E-state index in [-0.39, 0.29) is 11.8 Å². The summed E-state index contributed by atoms with van der Waals surface area (Å²) in [4.78, 5) is 0. The molecule has 1 fully saturated rings. The summed E-state index contributed by atoms with van der Waals surface area (Å²) >= 11 is 1.90. The molecule has 2 N–H and O–H groups in total. The van der Waals surface area contributed by atoms with Gasteiger partial charge in [-0.2, -0.15) is 11.8 Å². The fourth-order valence-electron chi connectivity index (χ4n) is 2.54. The summed E-state index contributed by atoms with van der Waals surface area (Å²) in [6.07, 6.45) is 8.02. The first-order valence-corrected chi connectivity index (χ1v) is 10.6. The van der Waals surface area contributed by atoms with Gasteiger partial charge in [0.25, 0.3) is 0 Å². The second kappa shape index (κ2) is 9.28. The van der Waals surface area contributed by atoms with Crippen LogP contribution in [0.3, 0.4) is 0 Å². The minimum atomic E-state index is -3.09. The van der Waals surface area contributed by atoms with E-state index in [0.717, 1.165) is 50.3 Å². The Kier molecular flexibility index (Phi) is 8.48. The lowest BCUT2D eigenvalue weighted by atomic mass is 9.96. The van der Waals surface area contributed by atoms with Gasteiger partial charge in [-0.1, -0.05) is 13.8 Å². The van der Waals surface area contributed by atoms with Crippen LogP contribution in [0, 0.1) is 0 Å². The van der Waals surface area contributed by atoms with Gasteiger partial charge in [-0.15, -0.1) is 0 Å². The third kappa shape index (κ3) is 7.86. The number of nitrogens with one attached hydrogen (secondary N) is 2. The molecule has 0 aromatic heterocycles. The monoisotopic (exact) mass is 322 g/mol. The molecule has 0 amide bonds. The predicted molar refractivity (Wildman–Crippen MR) is 88.9 cm³/mol. The molecule has 0 atom stereocenters. The molecule has 20 heavy (non-hydrogen) atoms. The Balaban J connectivity index is 2.18. The molecular formula is C14H30N2O2S2. The smallest absolute Gasteiger partial charge is 0.211 e. The van der Waals surface area contributed by atoms with Crippen molar-refractivity contribution in [1.29, 1.82) is 0 Å². The van der Waals surface area contributed by atoms with E-state index in [0.29, 0.717) is 6.04 Å². The SMILES string of the molecule is CSC1CCC(NS(=O)(=O)CCCCNC(C)C)CC1. The molecule has 1 aliphatic carbocycles. The first-order chi connectivity index (χ1) is 9.43. The van der Waals surface area contributed by atoms with E-state index < -0.39 is 10.0 Å². The summed E-state index contributed by atoms with van der Waals surface area (Å²) in [7, 11) is -3.09. The molecule has 0 radical (unpaired) electrons. The van der Waals surface area contributed by atoms with Gasteiger partial charge >= 0.3 is 0 Å². The lowest BCUT2D eigenvalue weighted by Gasteiger charge is -2.27. The molecule has 6 heteroatoms. The molecule has 120 valence electrons. The van der Waals surface area contributed by atoms with E-state index in [9.17, 15) is 8.42 Å². The maximum absolute atomic E-state index is 12.0. The lowest BCUT2D eigenvalue weighted by Crippen LogP contribution is -2.39. The molecule has 0 saturated heterocycles. The number of thioether (sulfide) groups is 1. The molecule has 1 saturated carbocycles. The van der Waals surface area contributed by atoms with Crippen molar-refractivity contribution in [2.45, 2.75) is 69.7 Å². The summed E-state index contributed by atoms with van der Waals surface area (Å²) in [5.74, 6) is 0.259. The summed E-state index contributed by atoms with van der Waals surface area (Å²) in [5, 5.41) is 4.03. The zero-order valence-corrected chi connectivity index (χ0v) is 14.7. The minimum Gasteiger partial charge on any atom is -0.315 e. The summed E-state index contributed by atoms with van der Waals surface area (Å²) in [6, 6.07) is 0.633. The quantitative estimate of drug-likeness (QED) is 0.640. The van der Waals surface area contributed by atoms with Crippen molar-refractivity contribution >= 4 is 21.8 Å². The largest absolute Gasteiger partial charge is 0.315 e. The maximum atomic E-state index is 12.0. The van der Waals surface area contributed by atoms with Gasteiger partial charge in [-0.05, 0) is 51.3 Å². The van der Waals surface area contributed by atoms with Gasteiger partial charge in [0.05, 0.1) is 5.75 Å². The standard InChI is InChI=1S/C14H30N2O2S2/c1-12(2)15-10-4-5-11-20(17,18)16-13-6-8-14(19-3)9-7-13/h12-16H,4-11H2,1-3H3. The van der Waals surface area contributed by atoms with Crippen molar-refractivity contribution in [3.63, 3.8) is 0 Å². The van der Waals surface area contributed by atoms with Gasteiger partial charge in [0.15, 0.2) is 0 Å². The first-order valence-electron chi connectivity index (χ1n) is 7.69. The Morgan fingerprint density at radius 2 is 1.80 bits per heavy atom. The minimum absolute atomic E-state index is 0.164. The van der Waals surface area contributed by atoms with Crippen molar-refractivity contribution in [2.75, 3.05) is 18.6 Å². The molecule has 0 spiro atoms. The normalized spacial score (nSPS) is 24.2. The molecular weight excluding hydrogens is 292 g/mol. The second-order valence-electron chi connectivity index (χ2n) is 5.96. The number of sulfonamides is 1. The Hall–Kier alpha value is 0.220. The fraction of sp³-hybridized carbons (Fsp3) is 1.00. The van der Waals surface area contributed by atoms with Crippen LogP contribution in [0.4, 0.5) is 0 Å². The zero-order chi connectivity index (χ0) is 15.0. The van der Waals surface area contributed by atoms with Gasteiger partial charge in [-0.3, -0.25) is 0 Å². The Labute approximate surface area is 128 Å². The summed E-state index contributed by atoms with van der Waals surface area (Å²) in [6.45, 7) is 5.10. The fourth-order valence-corrected chi connectivity index (χ4v) is 4.73. The number of rotatable bonds is 9. The van der Waals surface area contributed by atoms with E-state index in [4.69, 9.17) is 0 Å². The van der Waals surface area contributed by atoms with Crippen molar-refractivity contribution in [3.8, 4) is 0 Å². The summed E-state index contributed by atoms with van der Waals surface area (Å²) < 4.78 is 26.9. The highest BCUT2D eigenvalue weighted by molar-refractivity contribution is 7.99. The molecule has 0 aromatic rings. The first kappa shape index (κ1) is 18.3. The molecule has 0 bridgehead atoms. The summed E-state index contributed by atoms with van der Waals surface area (Å²) in [5.41, 5.74) is 0. The maximum Gasteiger partial charge on any atom is 0.211 e. The van der Waals surface area contributed by atoms with E-state index >= 15 is 0 Å². The van der Waals surface area contributed by atoms with E-state index in [1.165, 1.54) is 0 Å². The average Bonchev–Trinajstić information content (AvgIpc) is 2.38. The molecule has 1 aliphatic rings. The topological polar surface area (TPSA) is 58.2 Å². The Morgan fingerprint density at radius 3 is 2.35 bits per heavy atom. The van der Waals surface area contributed by atoms with E-state index in [2.05, 4.69) is 30.1 Å². The Bertz CT molecular complexity index is 350. The lowest BCUT2D eigenvalue weighted by molar-refractivity contribution is 0.419. The molecule has 0 aliphatic heterocycles. The van der Waals surface area contributed by atoms with Crippen LogP contribution < -0.4 is 10.0 Å². The zero-order valence-electron chi connectivity index (χ0n) is 13.0. The van der Waals surface area contributed by atoms with E-state index in [1.807, 2.05) is 11.8 Å². The van der Waals surface area contributed by atoms with Crippen LogP contribution >= 0.6 is 11.8 Å². The van der Waals surface area contributed by atoms with Crippen LogP contribution in [0.15, 0.2) is 0 Å². The van der Waals surface area contributed by atoms with Crippen LogP contribution in [0.1, 0.15) is 52.4 Å². The number of hydrogen-bond donors (Lipinski definition) is 2. The molecule has 1 rings (SSSR count). The van der Waals surface area contributed by atoms with Gasteiger partial charge in [-0.25, -0.2) is 13.1 Å². The average molecular weight is 323 g/mol. The van der Waals surface area contributed by atoms with Gasteiger partial charge in [0.1, 0.15) is 0 Å². The molecule has 0 heterocycles. The van der Waals surface area contributed by atoms with E-state index in [1.54, 1.807) is 0 Å². The third-order valence-corrected chi connectivity index (χ3v) is 6.40. The second-order valence-corrected chi connectivity index (χ2v) is 8.97. The van der Waals surface area contributed by atoms with Crippen LogP contribution in [0.2, 0.25) is 0 Å². The van der Waals surface area contributed by atoms with Crippen LogP contribution in [0.25, 0.3) is 0 Å². The number of hydrogen-bond acceptors (Lipinski definition) is 4. The highest BCUT2D eigenvalue weighted by Crippen LogP contribution is 2.27. The van der Waals surface area contributed by atoms with Crippen LogP contribution in [-0.2, 0) is 10.0 Å². The Morgan fingerprint density at radius 1 is 1.15 bits per heavy atom. The molecule has 0 aromatic carbocycles. The van der Waals surface area contributed by atoms with Gasteiger partial charge in [0.2, 0.25) is 10.0 Å². The third-order valence-electron chi connectivity index (χ3n) is 3.75. The number of unbranched alkanes of at least 4 members (excludes halogenated alkanes) is 1. The highest BCUT2D eigenvalue weighted by Gasteiger charge is 2.23. The van der Waals surface area contributed by atoms with Crippen molar-refractivity contribution in [2.24, 2.45) is 0 Å². The van der Waals surface area contributed by atoms with Crippen LogP contribution in [-0.4, -0.2) is 44.3 Å². The van der Waals surface area contributed by atoms with Crippen LogP contribution in [0.5, 0.6) is 0 Å². The van der Waals surface area contributed by atoms with Crippen molar-refractivity contribution < 1.29 is 8.42 Å². The predicted octanol–water partition coefficient (Wildman–Crippen LogP) is 2.36.